The van der Waals surface area contributed by atoms with Gasteiger partial charge in [-0.2, -0.15) is 26.3 Å². The van der Waals surface area contributed by atoms with E-state index in [2.05, 4.69) is 0 Å². The van der Waals surface area contributed by atoms with Gasteiger partial charge < -0.3 is 20.1 Å². The zero-order valence-electron chi connectivity index (χ0n) is 13.4. The van der Waals surface area contributed by atoms with Gasteiger partial charge in [0.1, 0.15) is 11.6 Å². The summed E-state index contributed by atoms with van der Waals surface area (Å²) in [5.41, 5.74) is -4.58. The van der Waals surface area contributed by atoms with Crippen LogP contribution in [-0.2, 0) is 12.4 Å². The highest BCUT2D eigenvalue weighted by Crippen LogP contribution is 2.34. The Kier molecular flexibility index (Phi) is 7.59. The van der Waals surface area contributed by atoms with Crippen molar-refractivity contribution < 1.29 is 55.2 Å². The van der Waals surface area contributed by atoms with Gasteiger partial charge in [-0.05, 0) is 17.6 Å². The lowest BCUT2D eigenvalue weighted by atomic mass is 9.76. The summed E-state index contributed by atoms with van der Waals surface area (Å²) in [7, 11) is -4.38. The second kappa shape index (κ2) is 8.90. The van der Waals surface area contributed by atoms with Crippen LogP contribution in [-0.4, -0.2) is 34.3 Å². The van der Waals surface area contributed by atoms with Gasteiger partial charge in [0.15, 0.2) is 0 Å². The predicted molar refractivity (Wildman–Crippen MR) is 82.5 cm³/mol. The predicted octanol–water partition coefficient (Wildman–Crippen LogP) is 1.05. The number of hydrogen-bond acceptors (Lipinski definition) is 4. The number of hydrogen-bond donors (Lipinski definition) is 4. The Morgan fingerprint density at radius 1 is 0.643 bits per heavy atom. The third kappa shape index (κ3) is 6.48. The second-order valence-corrected chi connectivity index (χ2v) is 5.21. The van der Waals surface area contributed by atoms with Crippen LogP contribution < -0.4 is 10.9 Å². The van der Waals surface area contributed by atoms with E-state index in [0.717, 1.165) is 12.1 Å². The van der Waals surface area contributed by atoms with E-state index < -0.39 is 54.8 Å². The van der Waals surface area contributed by atoms with Gasteiger partial charge >= 0.3 is 26.6 Å². The van der Waals surface area contributed by atoms with E-state index in [-0.39, 0.29) is 11.5 Å². The zero-order chi connectivity index (χ0) is 21.9. The van der Waals surface area contributed by atoms with E-state index in [1.54, 1.807) is 0 Å². The maximum Gasteiger partial charge on any atom is 0.491 e. The standard InChI is InChI=1S/C8H5BF6O2.C6H5BF2O2/c10-7(11,12)4-1-2-6(9(16)17)5(3-4)8(13,14)15;8-4-1-2-5(7(10)11)6(9)3-4/h1-3,16-17H;1-3,10-11H. The average Bonchev–Trinajstić information content (AvgIpc) is 2.52. The molecule has 0 saturated carbocycles. The van der Waals surface area contributed by atoms with E-state index in [9.17, 15) is 35.1 Å². The third-order valence-electron chi connectivity index (χ3n) is 3.20. The van der Waals surface area contributed by atoms with Crippen molar-refractivity contribution in [1.82, 2.24) is 0 Å². The molecule has 0 spiro atoms. The van der Waals surface area contributed by atoms with Crippen molar-refractivity contribution in [1.29, 1.82) is 0 Å². The largest absolute Gasteiger partial charge is 0.491 e. The SMILES string of the molecule is OB(O)c1ccc(C(F)(F)F)cc1C(F)(F)F.OB(O)c1ccc(F)cc1F. The van der Waals surface area contributed by atoms with Crippen molar-refractivity contribution in [2.75, 3.05) is 0 Å². The molecule has 2 aromatic rings. The van der Waals surface area contributed by atoms with Crippen LogP contribution in [0.15, 0.2) is 36.4 Å². The average molecular weight is 416 g/mol. The number of alkyl halides is 6. The molecule has 152 valence electrons. The van der Waals surface area contributed by atoms with Crippen LogP contribution in [0.2, 0.25) is 0 Å². The lowest BCUT2D eigenvalue weighted by Crippen LogP contribution is -2.36. The van der Waals surface area contributed by atoms with Crippen LogP contribution in [0.25, 0.3) is 0 Å². The summed E-state index contributed by atoms with van der Waals surface area (Å²) in [6.45, 7) is 0. The maximum absolute atomic E-state index is 12.5. The van der Waals surface area contributed by atoms with Crippen LogP contribution in [0, 0.1) is 11.6 Å². The smallest absolute Gasteiger partial charge is 0.423 e. The van der Waals surface area contributed by atoms with Gasteiger partial charge in [0.25, 0.3) is 0 Å². The summed E-state index contributed by atoms with van der Waals surface area (Å²) in [6, 6.07) is 3.11. The minimum Gasteiger partial charge on any atom is -0.423 e. The Morgan fingerprint density at radius 2 is 1.14 bits per heavy atom. The Bertz CT molecular complexity index is 809. The molecule has 0 amide bonds. The van der Waals surface area contributed by atoms with Crippen LogP contribution >= 0.6 is 0 Å². The number of halogens is 8. The van der Waals surface area contributed by atoms with Crippen molar-refractivity contribution in [2.24, 2.45) is 0 Å². The lowest BCUT2D eigenvalue weighted by Gasteiger charge is -2.15. The summed E-state index contributed by atoms with van der Waals surface area (Å²) in [5.74, 6) is -1.70. The Balaban J connectivity index is 0.000000307. The van der Waals surface area contributed by atoms with Gasteiger partial charge in [0.05, 0.1) is 11.1 Å². The minimum atomic E-state index is -5.10. The molecule has 28 heavy (non-hydrogen) atoms. The normalized spacial score (nSPS) is 11.6. The molecule has 0 aliphatic rings. The minimum absolute atomic E-state index is 0.158. The zero-order valence-corrected chi connectivity index (χ0v) is 13.4. The molecule has 0 fully saturated rings. The summed E-state index contributed by atoms with van der Waals surface area (Å²) >= 11 is 0. The van der Waals surface area contributed by atoms with Crippen molar-refractivity contribution in [3.05, 3.63) is 59.2 Å². The second-order valence-electron chi connectivity index (χ2n) is 5.21. The van der Waals surface area contributed by atoms with Crippen LogP contribution in [0.4, 0.5) is 35.1 Å². The first-order valence-electron chi connectivity index (χ1n) is 7.10. The Hall–Kier alpha value is -2.15. The highest BCUT2D eigenvalue weighted by Gasteiger charge is 2.39. The third-order valence-corrected chi connectivity index (χ3v) is 3.20. The lowest BCUT2D eigenvalue weighted by molar-refractivity contribution is -0.142. The summed E-state index contributed by atoms with van der Waals surface area (Å²) in [4.78, 5) is 0. The summed E-state index contributed by atoms with van der Waals surface area (Å²) in [5, 5.41) is 34.2. The molecule has 2 rings (SSSR count). The van der Waals surface area contributed by atoms with Crippen LogP contribution in [0.1, 0.15) is 11.1 Å². The first-order valence-corrected chi connectivity index (χ1v) is 7.10. The molecule has 4 N–H and O–H groups in total. The molecule has 0 aliphatic carbocycles. The Morgan fingerprint density at radius 3 is 1.54 bits per heavy atom. The van der Waals surface area contributed by atoms with Crippen molar-refractivity contribution in [2.45, 2.75) is 12.4 Å². The van der Waals surface area contributed by atoms with E-state index in [4.69, 9.17) is 20.1 Å². The monoisotopic (exact) mass is 416 g/mol. The molecule has 0 unspecified atom stereocenters. The Labute approximate surface area is 153 Å². The highest BCUT2D eigenvalue weighted by molar-refractivity contribution is 6.59. The van der Waals surface area contributed by atoms with E-state index in [0.29, 0.717) is 18.2 Å². The van der Waals surface area contributed by atoms with Gasteiger partial charge in [0, 0.05) is 11.5 Å². The highest BCUT2D eigenvalue weighted by atomic mass is 19.4. The van der Waals surface area contributed by atoms with Crippen molar-refractivity contribution in [3.8, 4) is 0 Å². The summed E-state index contributed by atoms with van der Waals surface area (Å²) in [6.07, 6.45) is -10.0. The fraction of sp³-hybridized carbons (Fsp3) is 0.143. The molecule has 0 aliphatic heterocycles. The fourth-order valence-corrected chi connectivity index (χ4v) is 1.91. The van der Waals surface area contributed by atoms with Gasteiger partial charge in [-0.25, -0.2) is 8.78 Å². The van der Waals surface area contributed by atoms with E-state index >= 15 is 0 Å². The molecular weight excluding hydrogens is 406 g/mol. The molecule has 0 bridgehead atoms. The first-order chi connectivity index (χ1) is 12.6. The van der Waals surface area contributed by atoms with Crippen molar-refractivity contribution >= 4 is 25.2 Å². The molecule has 2 aromatic carbocycles. The fourth-order valence-electron chi connectivity index (χ4n) is 1.91. The molecule has 0 aromatic heterocycles. The van der Waals surface area contributed by atoms with E-state index in [1.165, 1.54) is 0 Å². The van der Waals surface area contributed by atoms with Crippen LogP contribution in [0.3, 0.4) is 0 Å². The molecule has 0 radical (unpaired) electrons. The van der Waals surface area contributed by atoms with Gasteiger partial charge in [-0.1, -0.05) is 18.2 Å². The van der Waals surface area contributed by atoms with Gasteiger partial charge in [-0.3, -0.25) is 0 Å². The molecule has 0 heterocycles. The summed E-state index contributed by atoms with van der Waals surface area (Å²) < 4.78 is 98.5. The quantitative estimate of drug-likeness (QED) is 0.436. The topological polar surface area (TPSA) is 80.9 Å². The molecule has 4 nitrogen and oxygen atoms in total. The first kappa shape index (κ1) is 23.9. The molecular formula is C14H10B2F8O4. The van der Waals surface area contributed by atoms with E-state index in [1.807, 2.05) is 0 Å². The molecule has 0 saturated heterocycles. The molecule has 0 atom stereocenters. The van der Waals surface area contributed by atoms with Gasteiger partial charge in [-0.15, -0.1) is 0 Å². The van der Waals surface area contributed by atoms with Crippen LogP contribution in [0.5, 0.6) is 0 Å². The van der Waals surface area contributed by atoms with Gasteiger partial charge in [0.2, 0.25) is 0 Å². The van der Waals surface area contributed by atoms with Crippen molar-refractivity contribution in [3.63, 3.8) is 0 Å². The maximum atomic E-state index is 12.5. The molecule has 14 heteroatoms. The number of rotatable bonds is 2. The number of benzene rings is 2.